The minimum absolute atomic E-state index is 0.0696. The Morgan fingerprint density at radius 2 is 1.52 bits per heavy atom. The summed E-state index contributed by atoms with van der Waals surface area (Å²) in [6, 6.07) is 15.0. The first-order chi connectivity index (χ1) is 18.9. The highest BCUT2D eigenvalue weighted by molar-refractivity contribution is 6.03. The highest BCUT2D eigenvalue weighted by atomic mass is 19.4. The number of hydrogen-bond acceptors (Lipinski definition) is 4. The molecule has 0 saturated heterocycles. The number of benzene rings is 3. The lowest BCUT2D eigenvalue weighted by Crippen LogP contribution is -2.47. The molecule has 40 heavy (non-hydrogen) atoms. The number of carbonyl (C=O) groups excluding carboxylic acids is 2. The fourth-order valence-electron chi connectivity index (χ4n) is 5.25. The minimum Gasteiger partial charge on any atom is -0.497 e. The van der Waals surface area contributed by atoms with Crippen LogP contribution in [0, 0.1) is 5.92 Å². The summed E-state index contributed by atoms with van der Waals surface area (Å²) in [5.41, 5.74) is 0.233. The Kier molecular flexibility index (Phi) is 6.85. The van der Waals surface area contributed by atoms with Gasteiger partial charge in [-0.25, -0.2) is 0 Å². The molecule has 0 unspecified atom stereocenters. The number of Topliss-reactive ketones (excluding diaryl/α,β-unsaturated/α-hetero) is 1. The van der Waals surface area contributed by atoms with Crippen molar-refractivity contribution >= 4 is 23.1 Å². The standard InChI is InChI=1S/C29H22F6N2O3/c1-40-20-12-8-17(9-13-20)26-25-22(36-21-4-2-3-5-23(21)37(26)27(39)29(33,34)35)14-18(15-24(25)38)16-6-10-19(11-7-16)28(30,31)32/h2-14,18,25-26,36H,15H2,1H3/t18-,25-,26-/m1/s1. The number of hydrogen-bond donors (Lipinski definition) is 1. The largest absolute Gasteiger partial charge is 0.497 e. The highest BCUT2D eigenvalue weighted by Crippen LogP contribution is 2.49. The van der Waals surface area contributed by atoms with Crippen LogP contribution in [0.1, 0.15) is 35.1 Å². The molecule has 3 aromatic rings. The maximum absolute atomic E-state index is 14.0. The summed E-state index contributed by atoms with van der Waals surface area (Å²) in [6.45, 7) is 0. The Morgan fingerprint density at radius 1 is 0.900 bits per heavy atom. The van der Waals surface area contributed by atoms with Crippen molar-refractivity contribution in [3.63, 3.8) is 0 Å². The molecule has 0 aromatic heterocycles. The average Bonchev–Trinajstić information content (AvgIpc) is 3.06. The van der Waals surface area contributed by atoms with Crippen molar-refractivity contribution in [3.8, 4) is 5.75 Å². The number of allylic oxidation sites excluding steroid dienone is 1. The molecule has 0 fully saturated rings. The lowest BCUT2D eigenvalue weighted by molar-refractivity contribution is -0.171. The number of ether oxygens (including phenoxy) is 1. The second kappa shape index (κ2) is 10.0. The van der Waals surface area contributed by atoms with Crippen molar-refractivity contribution in [2.75, 3.05) is 17.3 Å². The molecule has 0 saturated carbocycles. The third kappa shape index (κ3) is 5.03. The highest BCUT2D eigenvalue weighted by Gasteiger charge is 2.51. The summed E-state index contributed by atoms with van der Waals surface area (Å²) in [7, 11) is 1.42. The van der Waals surface area contributed by atoms with Crippen LogP contribution in [0.2, 0.25) is 0 Å². The van der Waals surface area contributed by atoms with Gasteiger partial charge in [-0.1, -0.05) is 42.5 Å². The molecule has 3 atom stereocenters. The maximum Gasteiger partial charge on any atom is 0.471 e. The fraction of sp³-hybridized carbons (Fsp3) is 0.241. The second-order valence-electron chi connectivity index (χ2n) is 9.53. The van der Waals surface area contributed by atoms with E-state index in [1.165, 1.54) is 61.7 Å². The Balaban J connectivity index is 1.67. The van der Waals surface area contributed by atoms with Crippen molar-refractivity contribution < 1.29 is 40.7 Å². The first-order valence-electron chi connectivity index (χ1n) is 12.2. The normalized spacial score (nSPS) is 21.0. The summed E-state index contributed by atoms with van der Waals surface area (Å²) in [5.74, 6) is -4.03. The number of para-hydroxylation sites is 2. The molecular formula is C29H22F6N2O3. The molecule has 0 radical (unpaired) electrons. The Hall–Kier alpha value is -4.28. The first kappa shape index (κ1) is 27.3. The van der Waals surface area contributed by atoms with E-state index in [0.29, 0.717) is 16.2 Å². The zero-order chi connectivity index (χ0) is 28.8. The number of nitrogens with zero attached hydrogens (tertiary/aromatic N) is 1. The Labute approximate surface area is 225 Å². The van der Waals surface area contributed by atoms with E-state index in [9.17, 15) is 35.9 Å². The van der Waals surface area contributed by atoms with Crippen LogP contribution in [0.25, 0.3) is 0 Å². The summed E-state index contributed by atoms with van der Waals surface area (Å²) in [5, 5.41) is 3.06. The summed E-state index contributed by atoms with van der Waals surface area (Å²) < 4.78 is 86.3. The van der Waals surface area contributed by atoms with Gasteiger partial charge in [0.1, 0.15) is 11.5 Å². The number of nitrogens with one attached hydrogen (secondary N) is 1. The van der Waals surface area contributed by atoms with Gasteiger partial charge in [0.2, 0.25) is 0 Å². The minimum atomic E-state index is -5.24. The van der Waals surface area contributed by atoms with E-state index >= 15 is 0 Å². The van der Waals surface area contributed by atoms with Gasteiger partial charge in [0.05, 0.1) is 36.0 Å². The molecule has 208 valence electrons. The van der Waals surface area contributed by atoms with Gasteiger partial charge >= 0.3 is 18.3 Å². The molecule has 2 aliphatic rings. The van der Waals surface area contributed by atoms with E-state index in [-0.39, 0.29) is 29.1 Å². The molecule has 0 spiro atoms. The quantitative estimate of drug-likeness (QED) is 0.350. The van der Waals surface area contributed by atoms with Gasteiger partial charge in [0.15, 0.2) is 0 Å². The Morgan fingerprint density at radius 3 is 2.12 bits per heavy atom. The van der Waals surface area contributed by atoms with Crippen LogP contribution in [0.5, 0.6) is 5.75 Å². The predicted octanol–water partition coefficient (Wildman–Crippen LogP) is 7.03. The number of carbonyl (C=O) groups is 2. The summed E-state index contributed by atoms with van der Waals surface area (Å²) in [4.78, 5) is 27.3. The van der Waals surface area contributed by atoms with Crippen molar-refractivity contribution in [1.82, 2.24) is 0 Å². The number of rotatable bonds is 3. The van der Waals surface area contributed by atoms with Crippen molar-refractivity contribution in [3.05, 3.63) is 101 Å². The van der Waals surface area contributed by atoms with Crippen LogP contribution in [-0.4, -0.2) is 25.0 Å². The molecule has 1 aliphatic heterocycles. The van der Waals surface area contributed by atoms with Crippen LogP contribution in [0.4, 0.5) is 37.7 Å². The SMILES string of the molecule is COc1ccc([C@@H]2[C@H]3C(=O)C[C@H](c4ccc(C(F)(F)F)cc4)C=C3Nc3ccccc3N2C(=O)C(F)(F)F)cc1. The third-order valence-electron chi connectivity index (χ3n) is 7.11. The van der Waals surface area contributed by atoms with E-state index in [2.05, 4.69) is 5.32 Å². The number of anilines is 2. The Bertz CT molecular complexity index is 1460. The van der Waals surface area contributed by atoms with Crippen LogP contribution in [-0.2, 0) is 15.8 Å². The number of halogens is 6. The molecular weight excluding hydrogens is 538 g/mol. The molecule has 1 aliphatic carbocycles. The molecule has 11 heteroatoms. The van der Waals surface area contributed by atoms with E-state index in [4.69, 9.17) is 4.74 Å². The number of amides is 1. The monoisotopic (exact) mass is 560 g/mol. The van der Waals surface area contributed by atoms with E-state index in [0.717, 1.165) is 12.1 Å². The van der Waals surface area contributed by atoms with Gasteiger partial charge in [-0.3, -0.25) is 14.5 Å². The van der Waals surface area contributed by atoms with Gasteiger partial charge in [-0.05, 0) is 47.5 Å². The predicted molar refractivity (Wildman–Crippen MR) is 135 cm³/mol. The number of methoxy groups -OCH3 is 1. The van der Waals surface area contributed by atoms with Crippen molar-refractivity contribution in [2.24, 2.45) is 5.92 Å². The van der Waals surface area contributed by atoms with E-state index < -0.39 is 47.5 Å². The zero-order valence-corrected chi connectivity index (χ0v) is 20.9. The first-order valence-corrected chi connectivity index (χ1v) is 12.2. The second-order valence-corrected chi connectivity index (χ2v) is 9.53. The van der Waals surface area contributed by atoms with Crippen LogP contribution in [0.3, 0.4) is 0 Å². The lowest BCUT2D eigenvalue weighted by Gasteiger charge is -2.37. The maximum atomic E-state index is 14.0. The van der Waals surface area contributed by atoms with Crippen LogP contribution in [0.15, 0.2) is 84.6 Å². The molecule has 5 rings (SSSR count). The van der Waals surface area contributed by atoms with Crippen molar-refractivity contribution in [2.45, 2.75) is 30.7 Å². The number of alkyl halides is 6. The van der Waals surface area contributed by atoms with E-state index in [1.807, 2.05) is 0 Å². The lowest BCUT2D eigenvalue weighted by atomic mass is 9.76. The smallest absolute Gasteiger partial charge is 0.471 e. The average molecular weight is 560 g/mol. The molecule has 5 nitrogen and oxygen atoms in total. The van der Waals surface area contributed by atoms with Crippen LogP contribution >= 0.6 is 0 Å². The van der Waals surface area contributed by atoms with Crippen LogP contribution < -0.4 is 15.0 Å². The van der Waals surface area contributed by atoms with Crippen molar-refractivity contribution in [1.29, 1.82) is 0 Å². The molecule has 1 amide bonds. The topological polar surface area (TPSA) is 58.6 Å². The molecule has 1 N–H and O–H groups in total. The van der Waals surface area contributed by atoms with E-state index in [1.54, 1.807) is 12.1 Å². The van der Waals surface area contributed by atoms with Gasteiger partial charge < -0.3 is 10.1 Å². The summed E-state index contributed by atoms with van der Waals surface area (Å²) >= 11 is 0. The molecule has 3 aromatic carbocycles. The van der Waals surface area contributed by atoms with Gasteiger partial charge in [0.25, 0.3) is 0 Å². The molecule has 1 heterocycles. The number of ketones is 1. The van der Waals surface area contributed by atoms with Gasteiger partial charge in [-0.15, -0.1) is 0 Å². The van der Waals surface area contributed by atoms with Gasteiger partial charge in [-0.2, -0.15) is 26.3 Å². The fourth-order valence-corrected chi connectivity index (χ4v) is 5.25. The summed E-state index contributed by atoms with van der Waals surface area (Å²) in [6.07, 6.45) is -8.31. The zero-order valence-electron chi connectivity index (χ0n) is 20.9. The number of fused-ring (bicyclic) bond motifs is 2. The third-order valence-corrected chi connectivity index (χ3v) is 7.11. The van der Waals surface area contributed by atoms with Gasteiger partial charge in [0, 0.05) is 18.0 Å². The molecule has 0 bridgehead atoms.